The summed E-state index contributed by atoms with van der Waals surface area (Å²) in [6.45, 7) is 1.49. The van der Waals surface area contributed by atoms with E-state index in [1.165, 1.54) is 31.5 Å². The second kappa shape index (κ2) is 13.0. The predicted molar refractivity (Wildman–Crippen MR) is 134 cm³/mol. The maximum Gasteiger partial charge on any atom is 0.330 e. The molecule has 0 spiro atoms. The average Bonchev–Trinajstić information content (AvgIpc) is 2.89. The number of carbonyl (C=O) groups excluding carboxylic acids is 2. The maximum atomic E-state index is 12.7. The highest BCUT2D eigenvalue weighted by atomic mass is 16.5. The Labute approximate surface area is 217 Å². The fourth-order valence-corrected chi connectivity index (χ4v) is 3.09. The fourth-order valence-electron chi connectivity index (χ4n) is 3.09. The minimum atomic E-state index is -1.18. The van der Waals surface area contributed by atoms with Gasteiger partial charge in [-0.2, -0.15) is 5.26 Å². The van der Waals surface area contributed by atoms with E-state index in [9.17, 15) is 19.5 Å². The average molecular weight is 518 g/mol. The van der Waals surface area contributed by atoms with Gasteiger partial charge in [0.2, 0.25) is 5.88 Å². The molecule has 0 fully saturated rings. The van der Waals surface area contributed by atoms with Crippen LogP contribution in [0.4, 0.5) is 15.3 Å². The number of imide groups is 1. The number of carbonyl (C=O) groups is 3. The van der Waals surface area contributed by atoms with Crippen molar-refractivity contribution in [2.24, 2.45) is 4.99 Å². The van der Waals surface area contributed by atoms with Crippen molar-refractivity contribution in [3.8, 4) is 23.4 Å². The summed E-state index contributed by atoms with van der Waals surface area (Å²) >= 11 is 0. The zero-order valence-corrected chi connectivity index (χ0v) is 20.1. The lowest BCUT2D eigenvalue weighted by molar-refractivity contribution is -0.137. The number of hydrogen-bond donors (Lipinski definition) is 4. The van der Waals surface area contributed by atoms with Crippen molar-refractivity contribution in [1.82, 2.24) is 25.5 Å². The van der Waals surface area contributed by atoms with Crippen LogP contribution >= 0.6 is 0 Å². The number of aromatic nitrogens is 2. The van der Waals surface area contributed by atoms with Crippen molar-refractivity contribution in [2.45, 2.75) is 25.9 Å². The van der Waals surface area contributed by atoms with Crippen LogP contribution in [0.5, 0.6) is 17.4 Å². The standard InChI is InChI=1S/C25H23N7O6/c1-16(10-23(34)35)32(24(36)29-12-17-2-6-20(33)7-3-17)25(37)31-15-30-18-4-8-21(9-5-18)38-22-14-27-19(11-26)13-28-22/h2-9,13-16,33H,10,12H2,1H3,(H,29,36)(H,34,35)(H,30,31,37)/t16-/m0/s1. The number of aliphatic carboxylic acids is 1. The Morgan fingerprint density at radius 3 is 2.42 bits per heavy atom. The van der Waals surface area contributed by atoms with Crippen molar-refractivity contribution in [2.75, 3.05) is 0 Å². The molecule has 38 heavy (non-hydrogen) atoms. The molecule has 1 heterocycles. The Morgan fingerprint density at radius 1 is 1.11 bits per heavy atom. The number of rotatable bonds is 9. The fraction of sp³-hybridized carbons (Fsp3) is 0.160. The van der Waals surface area contributed by atoms with Crippen molar-refractivity contribution < 1.29 is 29.3 Å². The van der Waals surface area contributed by atoms with Gasteiger partial charge < -0.3 is 20.3 Å². The van der Waals surface area contributed by atoms with Gasteiger partial charge in [-0.15, -0.1) is 0 Å². The first-order valence-electron chi connectivity index (χ1n) is 11.1. The second-order valence-corrected chi connectivity index (χ2v) is 7.80. The van der Waals surface area contributed by atoms with Crippen LogP contribution in [0.2, 0.25) is 0 Å². The maximum absolute atomic E-state index is 12.7. The Bertz CT molecular complexity index is 1340. The molecule has 4 N–H and O–H groups in total. The monoisotopic (exact) mass is 517 g/mol. The Kier molecular flexibility index (Phi) is 9.25. The smallest absolute Gasteiger partial charge is 0.330 e. The molecule has 0 unspecified atom stereocenters. The van der Waals surface area contributed by atoms with E-state index in [-0.39, 0.29) is 23.9 Å². The first-order chi connectivity index (χ1) is 18.2. The molecule has 0 bridgehead atoms. The number of aromatic hydroxyl groups is 1. The number of phenolic OH excluding ortho intramolecular Hbond substituents is 1. The van der Waals surface area contributed by atoms with Gasteiger partial charge in [-0.05, 0) is 48.9 Å². The molecule has 3 aromatic rings. The highest BCUT2D eigenvalue weighted by Crippen LogP contribution is 2.22. The van der Waals surface area contributed by atoms with E-state index in [2.05, 4.69) is 25.6 Å². The van der Waals surface area contributed by atoms with Crippen LogP contribution < -0.4 is 15.4 Å². The van der Waals surface area contributed by atoms with E-state index in [4.69, 9.17) is 15.1 Å². The normalized spacial score (nSPS) is 11.3. The molecule has 0 saturated carbocycles. The van der Waals surface area contributed by atoms with Crippen LogP contribution in [0.15, 0.2) is 65.9 Å². The Hall–Kier alpha value is -5.51. The number of benzene rings is 2. The summed E-state index contributed by atoms with van der Waals surface area (Å²) < 4.78 is 5.54. The number of carboxylic acid groups (broad SMARTS) is 1. The van der Waals surface area contributed by atoms with Crippen LogP contribution in [-0.4, -0.2) is 55.5 Å². The number of nitriles is 1. The van der Waals surface area contributed by atoms with E-state index in [1.807, 2.05) is 6.07 Å². The predicted octanol–water partition coefficient (Wildman–Crippen LogP) is 3.29. The van der Waals surface area contributed by atoms with E-state index in [0.29, 0.717) is 17.0 Å². The highest BCUT2D eigenvalue weighted by molar-refractivity contribution is 5.98. The third kappa shape index (κ3) is 8.02. The lowest BCUT2D eigenvalue weighted by atomic mass is 10.2. The van der Waals surface area contributed by atoms with Gasteiger partial charge in [0.05, 0.1) is 36.9 Å². The Morgan fingerprint density at radius 2 is 1.82 bits per heavy atom. The molecule has 3 rings (SSSR count). The number of hydrogen-bond acceptors (Lipinski definition) is 9. The largest absolute Gasteiger partial charge is 0.508 e. The number of nitrogens with zero attached hydrogens (tertiary/aromatic N) is 5. The van der Waals surface area contributed by atoms with Gasteiger partial charge in [-0.3, -0.25) is 10.1 Å². The van der Waals surface area contributed by atoms with Gasteiger partial charge in [0.25, 0.3) is 0 Å². The number of nitrogens with one attached hydrogen (secondary N) is 2. The van der Waals surface area contributed by atoms with Crippen LogP contribution in [-0.2, 0) is 11.3 Å². The van der Waals surface area contributed by atoms with Gasteiger partial charge in [-0.25, -0.2) is 29.4 Å². The summed E-state index contributed by atoms with van der Waals surface area (Å²) in [5.41, 5.74) is 1.28. The van der Waals surface area contributed by atoms with Gasteiger partial charge >= 0.3 is 18.0 Å². The second-order valence-electron chi connectivity index (χ2n) is 7.80. The molecule has 13 heteroatoms. The molecule has 2 aromatic carbocycles. The molecule has 0 radical (unpaired) electrons. The van der Waals surface area contributed by atoms with Crippen LogP contribution in [0, 0.1) is 11.3 Å². The minimum Gasteiger partial charge on any atom is -0.508 e. The quantitative estimate of drug-likeness (QED) is 0.244. The van der Waals surface area contributed by atoms with Crippen molar-refractivity contribution in [3.63, 3.8) is 0 Å². The van der Waals surface area contributed by atoms with Gasteiger partial charge in [-0.1, -0.05) is 12.1 Å². The molecule has 0 saturated heterocycles. The SMILES string of the molecule is C[C@@H](CC(=O)O)N(C(=O)NC=Nc1ccc(Oc2cnc(C#N)cn2)cc1)C(=O)NCc1ccc(O)cc1. The molecule has 13 nitrogen and oxygen atoms in total. The number of aliphatic imine (C=N–C) groups is 1. The van der Waals surface area contributed by atoms with E-state index < -0.39 is 30.5 Å². The van der Waals surface area contributed by atoms with Crippen molar-refractivity contribution in [3.05, 3.63) is 72.2 Å². The summed E-state index contributed by atoms with van der Waals surface area (Å²) in [7, 11) is 0. The summed E-state index contributed by atoms with van der Waals surface area (Å²) in [6.07, 6.45) is 3.23. The van der Waals surface area contributed by atoms with Crippen molar-refractivity contribution >= 4 is 30.1 Å². The molecule has 4 amide bonds. The lowest BCUT2D eigenvalue weighted by Crippen LogP contribution is -2.52. The summed E-state index contributed by atoms with van der Waals surface area (Å²) in [6, 6.07) is 11.7. The molecule has 194 valence electrons. The molecule has 1 aromatic heterocycles. The zero-order chi connectivity index (χ0) is 27.5. The minimum absolute atomic E-state index is 0.0548. The van der Waals surface area contributed by atoms with Crippen LogP contribution in [0.25, 0.3) is 0 Å². The van der Waals surface area contributed by atoms with Crippen LogP contribution in [0.1, 0.15) is 24.6 Å². The first-order valence-corrected chi connectivity index (χ1v) is 11.1. The lowest BCUT2D eigenvalue weighted by Gasteiger charge is -2.26. The molecule has 0 aliphatic heterocycles. The summed E-state index contributed by atoms with van der Waals surface area (Å²) in [4.78, 5) is 49.3. The molecule has 0 aliphatic rings. The highest BCUT2D eigenvalue weighted by Gasteiger charge is 2.28. The molecular formula is C25H23N7O6. The third-order valence-corrected chi connectivity index (χ3v) is 4.93. The third-order valence-electron chi connectivity index (χ3n) is 4.93. The van der Waals surface area contributed by atoms with Gasteiger partial charge in [0.15, 0.2) is 5.69 Å². The first kappa shape index (κ1) is 27.1. The topological polar surface area (TPSA) is 190 Å². The van der Waals surface area contributed by atoms with Gasteiger partial charge in [0.1, 0.15) is 17.6 Å². The number of ether oxygens (including phenoxy) is 1. The van der Waals surface area contributed by atoms with Gasteiger partial charge in [0, 0.05) is 6.54 Å². The Balaban J connectivity index is 1.60. The molecule has 1 atom stereocenters. The summed E-state index contributed by atoms with van der Waals surface area (Å²) in [5, 5.41) is 32.2. The number of carboxylic acids is 1. The number of urea groups is 2. The van der Waals surface area contributed by atoms with E-state index in [1.54, 1.807) is 36.4 Å². The summed E-state index contributed by atoms with van der Waals surface area (Å²) in [5.74, 6) is -0.472. The molecule has 0 aliphatic carbocycles. The molecular weight excluding hydrogens is 494 g/mol. The number of amides is 4. The van der Waals surface area contributed by atoms with E-state index in [0.717, 1.165) is 11.2 Å². The number of phenols is 1. The van der Waals surface area contributed by atoms with Crippen molar-refractivity contribution in [1.29, 1.82) is 5.26 Å². The zero-order valence-electron chi connectivity index (χ0n) is 20.1. The van der Waals surface area contributed by atoms with E-state index >= 15 is 0 Å². The van der Waals surface area contributed by atoms with Crippen LogP contribution in [0.3, 0.4) is 0 Å².